The Morgan fingerprint density at radius 2 is 2.07 bits per heavy atom. The smallest absolute Gasteiger partial charge is 0.188 e. The molecule has 0 aromatic carbocycles. The zero-order valence-electron chi connectivity index (χ0n) is 15.1. The van der Waals surface area contributed by atoms with E-state index in [0.717, 1.165) is 22.4 Å². The van der Waals surface area contributed by atoms with Gasteiger partial charge in [0.25, 0.3) is 0 Å². The molecule has 1 atom stereocenters. The normalized spacial score (nSPS) is 16.2. The maximum atomic E-state index is 6.46. The Kier molecular flexibility index (Phi) is 5.64. The monoisotopic (exact) mass is 384 g/mol. The lowest BCUT2D eigenvalue weighted by atomic mass is 9.83. The first-order valence-corrected chi connectivity index (χ1v) is 10.2. The summed E-state index contributed by atoms with van der Waals surface area (Å²) in [7, 11) is 0. The number of nitrogens with two attached hydrogens (primary N) is 1. The Morgan fingerprint density at radius 3 is 2.89 bits per heavy atom. The first-order chi connectivity index (χ1) is 13.3. The van der Waals surface area contributed by atoms with Crippen molar-refractivity contribution in [1.82, 2.24) is 15.0 Å². The molecule has 3 aromatic heterocycles. The Balaban J connectivity index is 1.37. The fourth-order valence-corrected chi connectivity index (χ4v) is 4.22. The predicted molar refractivity (Wildman–Crippen MR) is 107 cm³/mol. The molecule has 1 aliphatic carbocycles. The lowest BCUT2D eigenvalue weighted by Crippen LogP contribution is -2.23. The van der Waals surface area contributed by atoms with Gasteiger partial charge >= 0.3 is 0 Å². The highest BCUT2D eigenvalue weighted by Gasteiger charge is 2.23. The van der Waals surface area contributed by atoms with Gasteiger partial charge in [0.1, 0.15) is 23.7 Å². The van der Waals surface area contributed by atoms with Crippen molar-refractivity contribution in [3.63, 3.8) is 0 Å². The molecule has 3 heterocycles. The molecule has 7 nitrogen and oxygen atoms in total. The molecule has 4 N–H and O–H groups in total. The van der Waals surface area contributed by atoms with Crippen molar-refractivity contribution in [3.8, 4) is 0 Å². The first kappa shape index (κ1) is 17.9. The van der Waals surface area contributed by atoms with Crippen LogP contribution in [0.25, 0.3) is 0 Å². The predicted octanol–water partition coefficient (Wildman–Crippen LogP) is 4.46. The fraction of sp³-hybridized carbons (Fsp3) is 0.421. The van der Waals surface area contributed by atoms with E-state index in [1.54, 1.807) is 17.6 Å². The van der Waals surface area contributed by atoms with E-state index in [9.17, 15) is 0 Å². The molecule has 3 aromatic rings. The summed E-state index contributed by atoms with van der Waals surface area (Å²) in [6.07, 6.45) is 9.48. The maximum Gasteiger partial charge on any atom is 0.188 e. The van der Waals surface area contributed by atoms with Crippen LogP contribution in [0.15, 0.2) is 40.6 Å². The van der Waals surface area contributed by atoms with Gasteiger partial charge in [0.15, 0.2) is 5.13 Å². The average Bonchev–Trinajstić information content (AvgIpc) is 3.39. The first-order valence-electron chi connectivity index (χ1n) is 9.34. The summed E-state index contributed by atoms with van der Waals surface area (Å²) in [6.45, 7) is 0.571. The van der Waals surface area contributed by atoms with Gasteiger partial charge in [0.05, 0.1) is 24.5 Å². The second-order valence-corrected chi connectivity index (χ2v) is 7.71. The molecule has 0 spiro atoms. The lowest BCUT2D eigenvalue weighted by Gasteiger charge is -2.26. The highest BCUT2D eigenvalue weighted by Crippen LogP contribution is 2.34. The Hall–Kier alpha value is -2.45. The summed E-state index contributed by atoms with van der Waals surface area (Å²) in [6, 6.07) is 5.65. The topological polar surface area (TPSA) is 102 Å². The van der Waals surface area contributed by atoms with E-state index in [-0.39, 0.29) is 6.04 Å². The van der Waals surface area contributed by atoms with E-state index in [1.807, 2.05) is 18.2 Å². The molecule has 0 bridgehead atoms. The minimum Gasteiger partial charge on any atom is -0.467 e. The van der Waals surface area contributed by atoms with Gasteiger partial charge in [0.2, 0.25) is 0 Å². The summed E-state index contributed by atoms with van der Waals surface area (Å²) >= 11 is 1.56. The Labute approximate surface area is 162 Å². The second-order valence-electron chi connectivity index (χ2n) is 6.85. The van der Waals surface area contributed by atoms with Crippen molar-refractivity contribution < 1.29 is 4.42 Å². The largest absolute Gasteiger partial charge is 0.467 e. The van der Waals surface area contributed by atoms with Gasteiger partial charge in [-0.3, -0.25) is 0 Å². The molecule has 0 saturated heterocycles. The van der Waals surface area contributed by atoms with Gasteiger partial charge in [-0.05, 0) is 30.9 Å². The quantitative estimate of drug-likeness (QED) is 0.552. The molecule has 1 unspecified atom stereocenters. The molecule has 8 heteroatoms. The van der Waals surface area contributed by atoms with Gasteiger partial charge in [0, 0.05) is 11.4 Å². The van der Waals surface area contributed by atoms with E-state index in [2.05, 4.69) is 31.0 Å². The molecule has 1 saturated carbocycles. The van der Waals surface area contributed by atoms with Crippen molar-refractivity contribution in [1.29, 1.82) is 0 Å². The van der Waals surface area contributed by atoms with Crippen molar-refractivity contribution in [2.45, 2.75) is 44.7 Å². The second kappa shape index (κ2) is 8.49. The van der Waals surface area contributed by atoms with Crippen LogP contribution in [0.3, 0.4) is 0 Å². The van der Waals surface area contributed by atoms with E-state index < -0.39 is 0 Å². The molecule has 1 aliphatic rings. The number of rotatable bonds is 7. The van der Waals surface area contributed by atoms with Crippen molar-refractivity contribution in [2.24, 2.45) is 11.7 Å². The van der Waals surface area contributed by atoms with E-state index in [1.165, 1.54) is 38.4 Å². The minimum absolute atomic E-state index is 0.0213. The molecular formula is C19H24N6OS. The van der Waals surface area contributed by atoms with Crippen LogP contribution >= 0.6 is 11.3 Å². The number of hydrogen-bond donors (Lipinski definition) is 3. The van der Waals surface area contributed by atoms with Crippen LogP contribution in [0.5, 0.6) is 0 Å². The van der Waals surface area contributed by atoms with Crippen LogP contribution in [0.2, 0.25) is 0 Å². The van der Waals surface area contributed by atoms with E-state index in [0.29, 0.717) is 18.3 Å². The van der Waals surface area contributed by atoms with Gasteiger partial charge in [-0.2, -0.15) is 0 Å². The van der Waals surface area contributed by atoms with Gasteiger partial charge in [-0.25, -0.2) is 15.0 Å². The van der Waals surface area contributed by atoms with Gasteiger partial charge < -0.3 is 20.8 Å². The fourth-order valence-electron chi connectivity index (χ4n) is 3.45. The summed E-state index contributed by atoms with van der Waals surface area (Å²) < 4.78 is 5.31. The number of aromatic nitrogens is 3. The summed E-state index contributed by atoms with van der Waals surface area (Å²) in [5.74, 6) is 2.81. The molecule has 1 fully saturated rings. The number of furan rings is 1. The minimum atomic E-state index is 0.0213. The SMILES string of the molecule is NC(c1csc(Nc2cc(NCc3ccco3)ncn2)n1)C1CCCCC1. The van der Waals surface area contributed by atoms with Crippen LogP contribution < -0.4 is 16.4 Å². The van der Waals surface area contributed by atoms with Crippen LogP contribution in [0.4, 0.5) is 16.8 Å². The third kappa shape index (κ3) is 4.64. The lowest BCUT2D eigenvalue weighted by molar-refractivity contribution is 0.305. The molecule has 0 radical (unpaired) electrons. The highest BCUT2D eigenvalue weighted by atomic mass is 32.1. The van der Waals surface area contributed by atoms with Crippen molar-refractivity contribution in [2.75, 3.05) is 10.6 Å². The molecule has 142 valence electrons. The maximum absolute atomic E-state index is 6.46. The van der Waals surface area contributed by atoms with E-state index in [4.69, 9.17) is 10.2 Å². The van der Waals surface area contributed by atoms with Gasteiger partial charge in [-0.1, -0.05) is 19.3 Å². The van der Waals surface area contributed by atoms with Gasteiger partial charge in [-0.15, -0.1) is 11.3 Å². The third-order valence-electron chi connectivity index (χ3n) is 4.95. The zero-order chi connectivity index (χ0) is 18.5. The molecule has 27 heavy (non-hydrogen) atoms. The highest BCUT2D eigenvalue weighted by molar-refractivity contribution is 7.13. The standard InChI is InChI=1S/C19H24N6OS/c20-18(13-5-2-1-3-6-13)15-11-27-19(24-15)25-17-9-16(22-12-23-17)21-10-14-7-4-8-26-14/h4,7-9,11-13,18H,1-3,5-6,10,20H2,(H2,21,22,23,24,25). The molecule has 0 aliphatic heterocycles. The third-order valence-corrected chi connectivity index (χ3v) is 5.72. The molecule has 0 amide bonds. The van der Waals surface area contributed by atoms with Crippen molar-refractivity contribution in [3.05, 3.63) is 47.6 Å². The Bertz CT molecular complexity index is 844. The molecule has 4 rings (SSSR count). The number of nitrogens with one attached hydrogen (secondary N) is 2. The number of thiazole rings is 1. The summed E-state index contributed by atoms with van der Waals surface area (Å²) in [5, 5.41) is 9.32. The number of anilines is 3. The number of hydrogen-bond acceptors (Lipinski definition) is 8. The van der Waals surface area contributed by atoms with Crippen LogP contribution in [-0.4, -0.2) is 15.0 Å². The zero-order valence-corrected chi connectivity index (χ0v) is 15.9. The summed E-state index contributed by atoms with van der Waals surface area (Å²) in [4.78, 5) is 13.2. The van der Waals surface area contributed by atoms with Crippen molar-refractivity contribution >= 4 is 28.1 Å². The van der Waals surface area contributed by atoms with Crippen LogP contribution in [0.1, 0.15) is 49.6 Å². The van der Waals surface area contributed by atoms with Crippen LogP contribution in [0, 0.1) is 5.92 Å². The molecular weight excluding hydrogens is 360 g/mol. The van der Waals surface area contributed by atoms with E-state index >= 15 is 0 Å². The average molecular weight is 385 g/mol. The summed E-state index contributed by atoms with van der Waals surface area (Å²) in [5.41, 5.74) is 7.43. The van der Waals surface area contributed by atoms with Crippen LogP contribution in [-0.2, 0) is 6.54 Å². The Morgan fingerprint density at radius 1 is 1.22 bits per heavy atom. The number of nitrogens with zero attached hydrogens (tertiary/aromatic N) is 3.